The van der Waals surface area contributed by atoms with Gasteiger partial charge in [-0.05, 0) is 38.1 Å². The van der Waals surface area contributed by atoms with Crippen LogP contribution in [0.25, 0.3) is 11.0 Å². The first kappa shape index (κ1) is 17.7. The second-order valence-electron chi connectivity index (χ2n) is 6.37. The molecule has 0 aliphatic carbocycles. The van der Waals surface area contributed by atoms with Crippen molar-refractivity contribution in [3.05, 3.63) is 53.9 Å². The van der Waals surface area contributed by atoms with Gasteiger partial charge in [0.15, 0.2) is 17.6 Å². The Morgan fingerprint density at radius 2 is 1.93 bits per heavy atom. The lowest BCUT2D eigenvalue weighted by atomic mass is 10.2. The van der Waals surface area contributed by atoms with Gasteiger partial charge in [0.25, 0.3) is 10.1 Å². The molecule has 0 spiro atoms. The van der Waals surface area contributed by atoms with Gasteiger partial charge in [0, 0.05) is 6.20 Å². The number of rotatable bonds is 4. The molecular weight excluding hydrogens is 368 g/mol. The average Bonchev–Trinajstić information content (AvgIpc) is 2.66. The van der Waals surface area contributed by atoms with Crippen LogP contribution in [0, 0.1) is 13.8 Å². The SMILES string of the molecule is Cc1ccc(S(=O)(=O)OCC2COc3ccc4nc(C)cnc4c3O2)cc1. The number of aryl methyl sites for hydroxylation is 2. The van der Waals surface area contributed by atoms with Crippen molar-refractivity contribution in [1.29, 1.82) is 0 Å². The van der Waals surface area contributed by atoms with Crippen LogP contribution >= 0.6 is 0 Å². The molecule has 140 valence electrons. The van der Waals surface area contributed by atoms with Gasteiger partial charge in [0.1, 0.15) is 18.7 Å². The van der Waals surface area contributed by atoms with E-state index in [2.05, 4.69) is 9.97 Å². The number of ether oxygens (including phenoxy) is 2. The average molecular weight is 386 g/mol. The molecule has 27 heavy (non-hydrogen) atoms. The van der Waals surface area contributed by atoms with Gasteiger partial charge in [-0.15, -0.1) is 0 Å². The minimum absolute atomic E-state index is 0.108. The van der Waals surface area contributed by atoms with Crippen LogP contribution in [0.4, 0.5) is 0 Å². The highest BCUT2D eigenvalue weighted by Gasteiger charge is 2.27. The van der Waals surface area contributed by atoms with Gasteiger partial charge in [-0.25, -0.2) is 9.97 Å². The fraction of sp³-hybridized carbons (Fsp3) is 0.263. The molecule has 1 unspecified atom stereocenters. The third kappa shape index (κ3) is 3.58. The second kappa shape index (κ2) is 6.79. The molecule has 8 heteroatoms. The van der Waals surface area contributed by atoms with Gasteiger partial charge in [-0.2, -0.15) is 8.42 Å². The molecule has 1 aliphatic heterocycles. The van der Waals surface area contributed by atoms with Crippen LogP contribution in [0.5, 0.6) is 11.5 Å². The van der Waals surface area contributed by atoms with Crippen LogP contribution in [-0.4, -0.2) is 37.7 Å². The van der Waals surface area contributed by atoms with E-state index < -0.39 is 16.2 Å². The number of fused-ring (bicyclic) bond motifs is 3. The van der Waals surface area contributed by atoms with Gasteiger partial charge in [-0.3, -0.25) is 4.18 Å². The standard InChI is InChI=1S/C19H18N2O5S/c1-12-3-5-15(6-4-12)27(22,23)25-11-14-10-24-17-8-7-16-18(19(17)26-14)20-9-13(2)21-16/h3-9,14H,10-11H2,1-2H3. The Labute approximate surface area is 157 Å². The molecule has 2 aromatic carbocycles. The van der Waals surface area contributed by atoms with Gasteiger partial charge >= 0.3 is 0 Å². The van der Waals surface area contributed by atoms with Crippen molar-refractivity contribution in [3.63, 3.8) is 0 Å². The fourth-order valence-corrected chi connectivity index (χ4v) is 3.70. The van der Waals surface area contributed by atoms with E-state index >= 15 is 0 Å². The first-order valence-electron chi connectivity index (χ1n) is 8.44. The lowest BCUT2D eigenvalue weighted by molar-refractivity contribution is 0.0569. The summed E-state index contributed by atoms with van der Waals surface area (Å²) in [5.74, 6) is 1.01. The summed E-state index contributed by atoms with van der Waals surface area (Å²) in [5.41, 5.74) is 3.02. The van der Waals surface area contributed by atoms with Crippen LogP contribution in [-0.2, 0) is 14.3 Å². The minimum Gasteiger partial charge on any atom is -0.486 e. The van der Waals surface area contributed by atoms with Crippen molar-refractivity contribution in [1.82, 2.24) is 9.97 Å². The fourth-order valence-electron chi connectivity index (χ4n) is 2.77. The molecule has 0 bridgehead atoms. The Kier molecular flexibility index (Phi) is 4.45. The molecule has 0 saturated carbocycles. The van der Waals surface area contributed by atoms with Crippen LogP contribution < -0.4 is 9.47 Å². The second-order valence-corrected chi connectivity index (χ2v) is 7.99. The Bertz CT molecular complexity index is 1100. The Hall–Kier alpha value is -2.71. The number of benzene rings is 2. The summed E-state index contributed by atoms with van der Waals surface area (Å²) < 4.78 is 41.5. The van der Waals surface area contributed by atoms with E-state index in [4.69, 9.17) is 13.7 Å². The van der Waals surface area contributed by atoms with E-state index in [9.17, 15) is 8.42 Å². The highest BCUT2D eigenvalue weighted by molar-refractivity contribution is 7.86. The summed E-state index contributed by atoms with van der Waals surface area (Å²) in [6, 6.07) is 10.1. The molecule has 0 radical (unpaired) electrons. The molecule has 0 amide bonds. The molecule has 0 saturated heterocycles. The zero-order valence-electron chi connectivity index (χ0n) is 14.9. The molecule has 4 rings (SSSR count). The Balaban J connectivity index is 1.52. The Morgan fingerprint density at radius 1 is 1.15 bits per heavy atom. The lowest BCUT2D eigenvalue weighted by Gasteiger charge is -2.26. The molecule has 1 aromatic heterocycles. The topological polar surface area (TPSA) is 87.6 Å². The maximum Gasteiger partial charge on any atom is 0.297 e. The molecular formula is C19H18N2O5S. The molecule has 3 aromatic rings. The monoisotopic (exact) mass is 386 g/mol. The lowest BCUT2D eigenvalue weighted by Crippen LogP contribution is -2.34. The minimum atomic E-state index is -3.87. The van der Waals surface area contributed by atoms with E-state index in [1.807, 2.05) is 19.9 Å². The van der Waals surface area contributed by atoms with Crippen molar-refractivity contribution in [2.24, 2.45) is 0 Å². The first-order valence-corrected chi connectivity index (χ1v) is 9.85. The molecule has 2 heterocycles. The van der Waals surface area contributed by atoms with Crippen molar-refractivity contribution < 1.29 is 22.1 Å². The summed E-state index contributed by atoms with van der Waals surface area (Å²) in [6.45, 7) is 3.76. The van der Waals surface area contributed by atoms with E-state index in [-0.39, 0.29) is 18.1 Å². The number of hydrogen-bond donors (Lipinski definition) is 0. The highest BCUT2D eigenvalue weighted by Crippen LogP contribution is 2.37. The summed E-state index contributed by atoms with van der Waals surface area (Å²) in [4.78, 5) is 8.89. The molecule has 0 N–H and O–H groups in total. The number of hydrogen-bond acceptors (Lipinski definition) is 7. The van der Waals surface area contributed by atoms with Crippen molar-refractivity contribution in [2.45, 2.75) is 24.8 Å². The van der Waals surface area contributed by atoms with Gasteiger partial charge in [0.2, 0.25) is 0 Å². The van der Waals surface area contributed by atoms with Crippen LogP contribution in [0.2, 0.25) is 0 Å². The number of nitrogens with zero attached hydrogens (tertiary/aromatic N) is 2. The summed E-state index contributed by atoms with van der Waals surface area (Å²) >= 11 is 0. The molecule has 7 nitrogen and oxygen atoms in total. The third-order valence-corrected chi connectivity index (χ3v) is 5.48. The van der Waals surface area contributed by atoms with E-state index in [1.54, 1.807) is 24.4 Å². The van der Waals surface area contributed by atoms with E-state index in [0.29, 0.717) is 22.5 Å². The van der Waals surface area contributed by atoms with Crippen molar-refractivity contribution in [3.8, 4) is 11.5 Å². The zero-order chi connectivity index (χ0) is 19.0. The predicted molar refractivity (Wildman–Crippen MR) is 98.5 cm³/mol. The maximum atomic E-state index is 12.3. The van der Waals surface area contributed by atoms with Gasteiger partial charge in [0.05, 0.1) is 16.1 Å². The third-order valence-electron chi connectivity index (χ3n) is 4.18. The highest BCUT2D eigenvalue weighted by atomic mass is 32.2. The normalized spacial score (nSPS) is 16.4. The molecule has 1 atom stereocenters. The summed E-state index contributed by atoms with van der Waals surface area (Å²) in [7, 11) is -3.87. The first-order chi connectivity index (χ1) is 12.9. The van der Waals surface area contributed by atoms with Crippen LogP contribution in [0.3, 0.4) is 0 Å². The molecule has 1 aliphatic rings. The maximum absolute atomic E-state index is 12.3. The van der Waals surface area contributed by atoms with Gasteiger partial charge < -0.3 is 9.47 Å². The van der Waals surface area contributed by atoms with Gasteiger partial charge in [-0.1, -0.05) is 17.7 Å². The summed E-state index contributed by atoms with van der Waals surface area (Å²) in [5, 5.41) is 0. The Morgan fingerprint density at radius 3 is 2.70 bits per heavy atom. The van der Waals surface area contributed by atoms with E-state index in [0.717, 1.165) is 11.3 Å². The van der Waals surface area contributed by atoms with Crippen LogP contribution in [0.15, 0.2) is 47.5 Å². The quantitative estimate of drug-likeness (QED) is 0.637. The predicted octanol–water partition coefficient (Wildman–Crippen LogP) is 2.79. The van der Waals surface area contributed by atoms with Crippen molar-refractivity contribution >= 4 is 21.2 Å². The number of aromatic nitrogens is 2. The van der Waals surface area contributed by atoms with E-state index in [1.165, 1.54) is 12.1 Å². The summed E-state index contributed by atoms with van der Waals surface area (Å²) in [6.07, 6.45) is 1.07. The largest absolute Gasteiger partial charge is 0.486 e. The smallest absolute Gasteiger partial charge is 0.297 e. The van der Waals surface area contributed by atoms with Crippen molar-refractivity contribution in [2.75, 3.05) is 13.2 Å². The van der Waals surface area contributed by atoms with Crippen LogP contribution in [0.1, 0.15) is 11.3 Å². The molecule has 0 fully saturated rings. The zero-order valence-corrected chi connectivity index (χ0v) is 15.7.